The minimum absolute atomic E-state index is 0.142. The average molecular weight is 259 g/mol. The highest BCUT2D eigenvalue weighted by molar-refractivity contribution is 6.30. The second-order valence-corrected chi connectivity index (χ2v) is 3.83. The smallest absolute Gasteiger partial charge is 0.265 e. The Kier molecular flexibility index (Phi) is 5.93. The summed E-state index contributed by atoms with van der Waals surface area (Å²) in [5, 5.41) is 0.623. The molecule has 3 N–H and O–H groups in total. The van der Waals surface area contributed by atoms with Gasteiger partial charge in [-0.2, -0.15) is 0 Å². The molecule has 0 spiro atoms. The number of nitrogens with one attached hydrogen (secondary N) is 1. The van der Waals surface area contributed by atoms with Gasteiger partial charge in [0, 0.05) is 12.1 Å². The fourth-order valence-corrected chi connectivity index (χ4v) is 1.48. The molecule has 0 aromatic heterocycles. The summed E-state index contributed by atoms with van der Waals surface area (Å²) in [6, 6.07) is 7.21. The summed E-state index contributed by atoms with van der Waals surface area (Å²) < 4.78 is 10.3. The van der Waals surface area contributed by atoms with E-state index in [0.717, 1.165) is 5.56 Å². The number of carbonyl (C=O) groups is 1. The third kappa shape index (κ3) is 4.70. The van der Waals surface area contributed by atoms with Crippen LogP contribution in [0.5, 0.6) is 0 Å². The number of halogens is 1. The highest BCUT2D eigenvalue weighted by Crippen LogP contribution is 2.12. The molecule has 0 aliphatic carbocycles. The van der Waals surface area contributed by atoms with Crippen LogP contribution < -0.4 is 11.3 Å². The molecule has 5 nitrogen and oxygen atoms in total. The van der Waals surface area contributed by atoms with Gasteiger partial charge >= 0.3 is 0 Å². The number of methoxy groups -OCH3 is 1. The molecule has 0 radical (unpaired) electrons. The van der Waals surface area contributed by atoms with Crippen molar-refractivity contribution in [1.29, 1.82) is 0 Å². The molecule has 1 aromatic carbocycles. The van der Waals surface area contributed by atoms with E-state index in [1.165, 1.54) is 7.11 Å². The van der Waals surface area contributed by atoms with Crippen LogP contribution in [0.3, 0.4) is 0 Å². The summed E-state index contributed by atoms with van der Waals surface area (Å²) in [5.41, 5.74) is 2.91. The lowest BCUT2D eigenvalue weighted by molar-refractivity contribution is -0.137. The van der Waals surface area contributed by atoms with Gasteiger partial charge in [-0.3, -0.25) is 10.2 Å². The van der Waals surface area contributed by atoms with E-state index in [0.29, 0.717) is 5.02 Å². The Balaban J connectivity index is 2.54. The SMILES string of the molecule is COCC(OCc1cccc(Cl)c1)C(=O)NN. The van der Waals surface area contributed by atoms with Crippen molar-refractivity contribution in [2.75, 3.05) is 13.7 Å². The fourth-order valence-electron chi connectivity index (χ4n) is 1.27. The number of benzene rings is 1. The van der Waals surface area contributed by atoms with Crippen LogP contribution in [-0.2, 0) is 20.9 Å². The van der Waals surface area contributed by atoms with E-state index in [9.17, 15) is 4.79 Å². The van der Waals surface area contributed by atoms with Gasteiger partial charge in [0.1, 0.15) is 0 Å². The molecule has 1 rings (SSSR count). The molecule has 0 aliphatic rings. The molecule has 17 heavy (non-hydrogen) atoms. The van der Waals surface area contributed by atoms with E-state index in [4.69, 9.17) is 26.9 Å². The zero-order valence-electron chi connectivity index (χ0n) is 9.48. The van der Waals surface area contributed by atoms with Crippen LogP contribution in [0.15, 0.2) is 24.3 Å². The molecule has 0 saturated carbocycles. The summed E-state index contributed by atoms with van der Waals surface area (Å²) in [4.78, 5) is 11.3. The monoisotopic (exact) mass is 258 g/mol. The van der Waals surface area contributed by atoms with Gasteiger partial charge in [0.05, 0.1) is 13.2 Å². The first-order valence-electron chi connectivity index (χ1n) is 5.02. The first kappa shape index (κ1) is 13.9. The summed E-state index contributed by atoms with van der Waals surface area (Å²) in [7, 11) is 1.49. The molecule has 0 heterocycles. The van der Waals surface area contributed by atoms with Crippen molar-refractivity contribution in [1.82, 2.24) is 5.43 Å². The quantitative estimate of drug-likeness (QED) is 0.451. The number of hydrogen-bond donors (Lipinski definition) is 2. The van der Waals surface area contributed by atoms with Crippen LogP contribution in [0, 0.1) is 0 Å². The molecule has 1 atom stereocenters. The van der Waals surface area contributed by atoms with Crippen LogP contribution >= 0.6 is 11.6 Å². The van der Waals surface area contributed by atoms with E-state index in [-0.39, 0.29) is 13.2 Å². The topological polar surface area (TPSA) is 73.6 Å². The Morgan fingerprint density at radius 2 is 2.35 bits per heavy atom. The van der Waals surface area contributed by atoms with Gasteiger partial charge in [-0.1, -0.05) is 23.7 Å². The van der Waals surface area contributed by atoms with Crippen LogP contribution in [0.1, 0.15) is 5.56 Å². The van der Waals surface area contributed by atoms with Crippen molar-refractivity contribution in [2.45, 2.75) is 12.7 Å². The van der Waals surface area contributed by atoms with Crippen molar-refractivity contribution < 1.29 is 14.3 Å². The molecule has 1 unspecified atom stereocenters. The summed E-state index contributed by atoms with van der Waals surface area (Å²) in [5.74, 6) is 4.62. The van der Waals surface area contributed by atoms with Gasteiger partial charge < -0.3 is 9.47 Å². The number of hydrazine groups is 1. The number of amides is 1. The molecule has 94 valence electrons. The predicted molar refractivity (Wildman–Crippen MR) is 64.2 cm³/mol. The third-order valence-corrected chi connectivity index (χ3v) is 2.33. The van der Waals surface area contributed by atoms with E-state index in [1.807, 2.05) is 17.6 Å². The Morgan fingerprint density at radius 3 is 2.94 bits per heavy atom. The number of hydrogen-bond acceptors (Lipinski definition) is 4. The fraction of sp³-hybridized carbons (Fsp3) is 0.364. The largest absolute Gasteiger partial charge is 0.381 e. The molecule has 1 aromatic rings. The first-order chi connectivity index (χ1) is 8.17. The molecule has 0 aliphatic heterocycles. The molecule has 0 saturated heterocycles. The van der Waals surface area contributed by atoms with Crippen molar-refractivity contribution in [3.05, 3.63) is 34.9 Å². The Hall–Kier alpha value is -1.14. The zero-order chi connectivity index (χ0) is 12.7. The molecule has 1 amide bonds. The van der Waals surface area contributed by atoms with E-state index < -0.39 is 12.0 Å². The molecular formula is C11H15ClN2O3. The van der Waals surface area contributed by atoms with Crippen molar-refractivity contribution in [3.8, 4) is 0 Å². The van der Waals surface area contributed by atoms with Crippen molar-refractivity contribution in [3.63, 3.8) is 0 Å². The molecule has 0 fully saturated rings. The molecular weight excluding hydrogens is 244 g/mol. The summed E-state index contributed by atoms with van der Waals surface area (Å²) >= 11 is 5.83. The van der Waals surface area contributed by atoms with Gasteiger partial charge in [-0.05, 0) is 17.7 Å². The average Bonchev–Trinajstić information content (AvgIpc) is 2.33. The second-order valence-electron chi connectivity index (χ2n) is 3.39. The van der Waals surface area contributed by atoms with Crippen molar-refractivity contribution >= 4 is 17.5 Å². The molecule has 0 bridgehead atoms. The number of rotatable bonds is 6. The lowest BCUT2D eigenvalue weighted by atomic mass is 10.2. The van der Waals surface area contributed by atoms with Gasteiger partial charge in [-0.15, -0.1) is 0 Å². The zero-order valence-corrected chi connectivity index (χ0v) is 10.2. The molecule has 6 heteroatoms. The standard InChI is InChI=1S/C11H15ClN2O3/c1-16-7-10(11(15)14-13)17-6-8-3-2-4-9(12)5-8/h2-5,10H,6-7,13H2,1H3,(H,14,15). The van der Waals surface area contributed by atoms with Crippen LogP contribution in [0.25, 0.3) is 0 Å². The maximum Gasteiger partial charge on any atom is 0.265 e. The highest BCUT2D eigenvalue weighted by Gasteiger charge is 2.17. The maximum atomic E-state index is 11.3. The lowest BCUT2D eigenvalue weighted by Gasteiger charge is -2.15. The number of nitrogens with two attached hydrogens (primary N) is 1. The Morgan fingerprint density at radius 1 is 1.59 bits per heavy atom. The van der Waals surface area contributed by atoms with Crippen LogP contribution in [0.4, 0.5) is 0 Å². The van der Waals surface area contributed by atoms with Crippen LogP contribution in [-0.4, -0.2) is 25.7 Å². The third-order valence-electron chi connectivity index (χ3n) is 2.09. The summed E-state index contributed by atoms with van der Waals surface area (Å²) in [6.07, 6.45) is -0.732. The van der Waals surface area contributed by atoms with Gasteiger partial charge in [0.15, 0.2) is 6.10 Å². The summed E-state index contributed by atoms with van der Waals surface area (Å²) in [6.45, 7) is 0.408. The van der Waals surface area contributed by atoms with Crippen molar-refractivity contribution in [2.24, 2.45) is 5.84 Å². The second kappa shape index (κ2) is 7.24. The van der Waals surface area contributed by atoms with Crippen LogP contribution in [0.2, 0.25) is 5.02 Å². The minimum Gasteiger partial charge on any atom is -0.381 e. The minimum atomic E-state index is -0.732. The number of carbonyl (C=O) groups excluding carboxylic acids is 1. The Bertz CT molecular complexity index is 373. The van der Waals surface area contributed by atoms with E-state index in [2.05, 4.69) is 0 Å². The lowest BCUT2D eigenvalue weighted by Crippen LogP contribution is -2.42. The number of ether oxygens (including phenoxy) is 2. The van der Waals surface area contributed by atoms with Gasteiger partial charge in [-0.25, -0.2) is 5.84 Å². The first-order valence-corrected chi connectivity index (χ1v) is 5.40. The normalized spacial score (nSPS) is 12.2. The predicted octanol–water partition coefficient (Wildman–Crippen LogP) is 0.862. The maximum absolute atomic E-state index is 11.3. The highest BCUT2D eigenvalue weighted by atomic mass is 35.5. The van der Waals surface area contributed by atoms with E-state index in [1.54, 1.807) is 12.1 Å². The Labute approximate surface area is 105 Å². The van der Waals surface area contributed by atoms with Gasteiger partial charge in [0.25, 0.3) is 5.91 Å². The van der Waals surface area contributed by atoms with Gasteiger partial charge in [0.2, 0.25) is 0 Å². The van der Waals surface area contributed by atoms with E-state index >= 15 is 0 Å².